The minimum absolute atomic E-state index is 0.570. The zero-order valence-corrected chi connectivity index (χ0v) is 31.5. The van der Waals surface area contributed by atoms with Gasteiger partial charge in [0.25, 0.3) is 0 Å². The number of para-hydroxylation sites is 1. The summed E-state index contributed by atoms with van der Waals surface area (Å²) in [4.78, 5) is 15.6. The highest BCUT2D eigenvalue weighted by Crippen LogP contribution is 2.38. The number of benzene rings is 7. The van der Waals surface area contributed by atoms with Crippen molar-refractivity contribution in [2.24, 2.45) is 0 Å². The van der Waals surface area contributed by atoms with E-state index < -0.39 is 0 Å². The Balaban J connectivity index is 1.22. The first kappa shape index (κ1) is 33.1. The zero-order valence-electron chi connectivity index (χ0n) is 31.5. The van der Waals surface area contributed by atoms with E-state index in [0.29, 0.717) is 17.6 Å². The summed E-state index contributed by atoms with van der Waals surface area (Å²) in [6, 6.07) is 48.5. The summed E-state index contributed by atoms with van der Waals surface area (Å²) in [6.45, 7) is 0. The van der Waals surface area contributed by atoms with Crippen LogP contribution in [0.25, 0.3) is 94.7 Å². The molecule has 0 aliphatic rings. The molecule has 0 unspecified atom stereocenters. The summed E-state index contributed by atoms with van der Waals surface area (Å²) in [7, 11) is 11.2. The van der Waals surface area contributed by atoms with E-state index in [1.807, 2.05) is 36.4 Å². The molecule has 5 nitrogen and oxygen atoms in total. The third-order valence-electron chi connectivity index (χ3n) is 11.7. The molecule has 0 N–H and O–H groups in total. The number of hydrogen-bond donors (Lipinski definition) is 0. The van der Waals surface area contributed by atoms with Gasteiger partial charge in [0.15, 0.2) is 11.6 Å². The lowest BCUT2D eigenvalue weighted by atomic mass is 9.59. The van der Waals surface area contributed by atoms with E-state index in [2.05, 4.69) is 147 Å². The number of fused-ring (bicyclic) bond motifs is 6. The maximum Gasteiger partial charge on any atom is 0.238 e. The highest BCUT2D eigenvalue weighted by molar-refractivity contribution is 6.69. The second-order valence-corrected chi connectivity index (χ2v) is 14.6. The number of aromatic nitrogens is 4. The predicted molar refractivity (Wildman–Crippen MR) is 244 cm³/mol. The fourth-order valence-electron chi connectivity index (χ4n) is 8.38. The van der Waals surface area contributed by atoms with Gasteiger partial charge in [-0.25, -0.2) is 4.98 Å². The quantitative estimate of drug-likeness (QED) is 0.260. The molecule has 10 rings (SSSR count). The van der Waals surface area contributed by atoms with Gasteiger partial charge in [-0.05, 0) is 64.7 Å². The highest BCUT2D eigenvalue weighted by Gasteiger charge is 2.22. The fourth-order valence-corrected chi connectivity index (χ4v) is 8.38. The summed E-state index contributed by atoms with van der Waals surface area (Å²) in [5.74, 6) is 1.78. The third-order valence-corrected chi connectivity index (χ3v) is 11.7. The Morgan fingerprint density at radius 1 is 0.418 bits per heavy atom. The average molecular weight is 700 g/mol. The van der Waals surface area contributed by atoms with Gasteiger partial charge in [0, 0.05) is 32.7 Å². The summed E-state index contributed by atoms with van der Waals surface area (Å²) < 4.78 is 8.55. The zero-order chi connectivity index (χ0) is 37.4. The van der Waals surface area contributed by atoms with Crippen molar-refractivity contribution in [1.29, 1.82) is 0 Å². The molecule has 10 aromatic rings. The summed E-state index contributed by atoms with van der Waals surface area (Å²) >= 11 is 0. The Morgan fingerprint density at radius 2 is 0.964 bits per heavy atom. The van der Waals surface area contributed by atoms with Gasteiger partial charge in [-0.1, -0.05) is 108 Å². The van der Waals surface area contributed by atoms with Crippen molar-refractivity contribution >= 4 is 110 Å². The van der Waals surface area contributed by atoms with Crippen LogP contribution in [-0.2, 0) is 0 Å². The molecule has 0 amide bonds. The van der Waals surface area contributed by atoms with Crippen molar-refractivity contribution in [2.75, 3.05) is 0 Å². The second-order valence-electron chi connectivity index (χ2n) is 14.6. The van der Waals surface area contributed by atoms with Crippen LogP contribution in [-0.4, -0.2) is 58.8 Å². The van der Waals surface area contributed by atoms with Crippen molar-refractivity contribution in [2.45, 2.75) is 0 Å². The van der Waals surface area contributed by atoms with Crippen LogP contribution in [0.1, 0.15) is 0 Å². The molecule has 3 aromatic heterocycles. The number of hydrogen-bond acceptors (Lipinski definition) is 4. The Morgan fingerprint density at radius 3 is 1.65 bits per heavy atom. The highest BCUT2D eigenvalue weighted by atomic mass is 16.3. The van der Waals surface area contributed by atoms with Crippen LogP contribution in [0.3, 0.4) is 0 Å². The monoisotopic (exact) mass is 700 g/mol. The summed E-state index contributed by atoms with van der Waals surface area (Å²) in [5, 5.41) is 4.42. The smallest absolute Gasteiger partial charge is 0.238 e. The third kappa shape index (κ3) is 5.27. The van der Waals surface area contributed by atoms with Gasteiger partial charge in [-0.3, -0.25) is 4.57 Å². The van der Waals surface area contributed by atoms with Crippen molar-refractivity contribution in [3.05, 3.63) is 140 Å². The van der Waals surface area contributed by atoms with Crippen LogP contribution in [0.2, 0.25) is 0 Å². The number of nitrogens with zero attached hydrogens (tertiary/aromatic N) is 4. The van der Waals surface area contributed by atoms with E-state index in [1.165, 1.54) is 43.8 Å². The molecule has 0 aliphatic carbocycles. The van der Waals surface area contributed by atoms with Crippen LogP contribution in [0.15, 0.2) is 144 Å². The lowest BCUT2D eigenvalue weighted by Crippen LogP contribution is -2.55. The van der Waals surface area contributed by atoms with Gasteiger partial charge in [0.1, 0.15) is 50.4 Å². The SMILES string of the molecule is Bc1c(B)c(B)c(-c2cccc3c2c2ccccc2n3-c2nc(-c3ccccc3)nc(-c3ccc4oc5ccc(-c6ccccc6)cc5c4c3)n2)c(B)c1B. The van der Waals surface area contributed by atoms with Crippen molar-refractivity contribution in [1.82, 2.24) is 19.5 Å². The van der Waals surface area contributed by atoms with Gasteiger partial charge >= 0.3 is 0 Å². The Bertz CT molecular complexity index is 3130. The lowest BCUT2D eigenvalue weighted by Gasteiger charge is -2.21. The lowest BCUT2D eigenvalue weighted by molar-refractivity contribution is 0.669. The molecule has 254 valence electrons. The van der Waals surface area contributed by atoms with E-state index >= 15 is 0 Å². The molecule has 0 saturated carbocycles. The molecule has 0 spiro atoms. The average Bonchev–Trinajstić information content (AvgIpc) is 3.78. The first-order chi connectivity index (χ1) is 26.9. The normalized spacial score (nSPS) is 11.6. The number of rotatable bonds is 5. The van der Waals surface area contributed by atoms with Crippen molar-refractivity contribution in [3.63, 3.8) is 0 Å². The van der Waals surface area contributed by atoms with Crippen molar-refractivity contribution < 1.29 is 4.42 Å². The molecular weight excluding hydrogens is 667 g/mol. The molecule has 0 aliphatic heterocycles. The topological polar surface area (TPSA) is 56.7 Å². The summed E-state index contributed by atoms with van der Waals surface area (Å²) in [5.41, 5.74) is 17.1. The molecule has 0 fully saturated rings. The minimum atomic E-state index is 0.570. The van der Waals surface area contributed by atoms with Gasteiger partial charge in [-0.2, -0.15) is 9.97 Å². The predicted octanol–water partition coefficient (Wildman–Crippen LogP) is 2.83. The van der Waals surface area contributed by atoms with Gasteiger partial charge in [0.2, 0.25) is 5.95 Å². The van der Waals surface area contributed by atoms with Crippen molar-refractivity contribution in [3.8, 4) is 51.0 Å². The van der Waals surface area contributed by atoms with E-state index in [0.717, 1.165) is 60.6 Å². The van der Waals surface area contributed by atoms with Gasteiger partial charge < -0.3 is 4.42 Å². The molecule has 7 aromatic carbocycles. The molecule has 3 heterocycles. The maximum atomic E-state index is 6.33. The first-order valence-corrected chi connectivity index (χ1v) is 18.8. The molecule has 10 heteroatoms. The molecule has 55 heavy (non-hydrogen) atoms. The van der Waals surface area contributed by atoms with Crippen LogP contribution >= 0.6 is 0 Å². The maximum absolute atomic E-state index is 6.33. The summed E-state index contributed by atoms with van der Waals surface area (Å²) in [6.07, 6.45) is 0. The van der Waals surface area contributed by atoms with E-state index in [4.69, 9.17) is 19.4 Å². The molecule has 0 atom stereocenters. The molecule has 0 saturated heterocycles. The van der Waals surface area contributed by atoms with E-state index in [-0.39, 0.29) is 0 Å². The fraction of sp³-hybridized carbons (Fsp3) is 0. The van der Waals surface area contributed by atoms with Gasteiger partial charge in [-0.15, -0.1) is 16.4 Å². The molecular formula is C45H33B5N4O. The van der Waals surface area contributed by atoms with E-state index in [1.54, 1.807) is 0 Å². The van der Waals surface area contributed by atoms with Gasteiger partial charge in [0.05, 0.1) is 11.0 Å². The largest absolute Gasteiger partial charge is 0.456 e. The Hall–Kier alpha value is -6.53. The molecule has 0 radical (unpaired) electrons. The number of furan rings is 1. The molecule has 0 bridgehead atoms. The minimum Gasteiger partial charge on any atom is -0.456 e. The first-order valence-electron chi connectivity index (χ1n) is 18.8. The van der Waals surface area contributed by atoms with Crippen LogP contribution in [0.5, 0.6) is 0 Å². The van der Waals surface area contributed by atoms with Crippen LogP contribution in [0, 0.1) is 0 Å². The second kappa shape index (κ2) is 12.8. The van der Waals surface area contributed by atoms with E-state index in [9.17, 15) is 0 Å². The Labute approximate surface area is 323 Å². The standard InChI is InChI=1S/C45H33B5N4O/c46-38-37(39(47)41(49)42(50)40(38)48)29-15-9-17-33-36(29)28-14-7-8-16-32(28)54(33)45-52-43(25-12-5-2-6-13-25)51-44(53-45)27-19-21-35-31(23-27)30-22-26(18-20-34(30)55-35)24-10-3-1-4-11-24/h1-23H,46-50H2. The van der Waals surface area contributed by atoms with Crippen LogP contribution in [0.4, 0.5) is 0 Å². The Kier molecular flexibility index (Phi) is 7.70. The van der Waals surface area contributed by atoms with Crippen LogP contribution < -0.4 is 27.3 Å².